The van der Waals surface area contributed by atoms with Gasteiger partial charge in [-0.3, -0.25) is 4.90 Å². The molecule has 1 heterocycles. The number of guanidine groups is 1. The van der Waals surface area contributed by atoms with E-state index in [4.69, 9.17) is 10.9 Å². The molecule has 1 saturated heterocycles. The van der Waals surface area contributed by atoms with Crippen molar-refractivity contribution < 1.29 is 5.21 Å². The Balaban J connectivity index is 2.39. The summed E-state index contributed by atoms with van der Waals surface area (Å²) in [6, 6.07) is 0.578. The van der Waals surface area contributed by atoms with Crippen LogP contribution < -0.4 is 5.73 Å². The van der Waals surface area contributed by atoms with Crippen LogP contribution in [0.3, 0.4) is 0 Å². The third-order valence-corrected chi connectivity index (χ3v) is 2.47. The van der Waals surface area contributed by atoms with Gasteiger partial charge in [-0.05, 0) is 13.8 Å². The quantitative estimate of drug-likeness (QED) is 0.256. The van der Waals surface area contributed by atoms with Crippen molar-refractivity contribution in [1.82, 2.24) is 9.80 Å². The van der Waals surface area contributed by atoms with Crippen LogP contribution in [-0.4, -0.2) is 53.2 Å². The van der Waals surface area contributed by atoms with Gasteiger partial charge in [-0.25, -0.2) is 0 Å². The summed E-state index contributed by atoms with van der Waals surface area (Å²) in [5, 5.41) is 11.5. The molecule has 0 aromatic rings. The Morgan fingerprint density at radius 3 is 2.23 bits per heavy atom. The fraction of sp³-hybridized carbons (Fsp3) is 0.875. The van der Waals surface area contributed by atoms with Gasteiger partial charge in [0.1, 0.15) is 0 Å². The minimum Gasteiger partial charge on any atom is -0.408 e. The normalized spacial score (nSPS) is 21.2. The summed E-state index contributed by atoms with van der Waals surface area (Å²) in [5.74, 6) is 0.225. The molecule has 0 atom stereocenters. The van der Waals surface area contributed by atoms with Gasteiger partial charge in [-0.15, -0.1) is 0 Å². The number of hydrogen-bond acceptors (Lipinski definition) is 3. The second kappa shape index (κ2) is 4.32. The second-order valence-electron chi connectivity index (χ2n) is 3.57. The zero-order valence-electron chi connectivity index (χ0n) is 8.27. The Bertz CT molecular complexity index is 185. The molecule has 1 aliphatic rings. The maximum absolute atomic E-state index is 8.47. The Morgan fingerprint density at radius 1 is 1.31 bits per heavy atom. The second-order valence-corrected chi connectivity index (χ2v) is 3.57. The first kappa shape index (κ1) is 10.1. The van der Waals surface area contributed by atoms with Crippen LogP contribution >= 0.6 is 0 Å². The predicted octanol–water partition coefficient (Wildman–Crippen LogP) is -0.284. The molecule has 0 aromatic carbocycles. The van der Waals surface area contributed by atoms with Crippen LogP contribution in [0.1, 0.15) is 13.8 Å². The molecule has 13 heavy (non-hydrogen) atoms. The zero-order chi connectivity index (χ0) is 9.84. The molecule has 1 aliphatic heterocycles. The van der Waals surface area contributed by atoms with Gasteiger partial charge < -0.3 is 15.8 Å². The lowest BCUT2D eigenvalue weighted by molar-refractivity contribution is 0.145. The number of piperazine rings is 1. The summed E-state index contributed by atoms with van der Waals surface area (Å²) < 4.78 is 0. The number of hydrogen-bond donors (Lipinski definition) is 2. The van der Waals surface area contributed by atoms with Crippen molar-refractivity contribution in [2.75, 3.05) is 26.2 Å². The van der Waals surface area contributed by atoms with Gasteiger partial charge in [0.2, 0.25) is 5.96 Å². The monoisotopic (exact) mass is 186 g/mol. The van der Waals surface area contributed by atoms with E-state index in [-0.39, 0.29) is 5.96 Å². The highest BCUT2D eigenvalue weighted by Crippen LogP contribution is 2.04. The van der Waals surface area contributed by atoms with Crippen LogP contribution in [0.4, 0.5) is 0 Å². The molecule has 0 bridgehead atoms. The molecule has 0 radical (unpaired) electrons. The minimum absolute atomic E-state index is 0.225. The molecular formula is C8H18N4O. The molecule has 0 aliphatic carbocycles. The standard InChI is InChI=1S/C8H18N4O/c1-7(2)11-3-5-12(6-4-11)8(9)10-13/h7,13H,3-6H2,1-2H3,(H2,9,10). The van der Waals surface area contributed by atoms with Gasteiger partial charge in [-0.2, -0.15) is 0 Å². The third-order valence-electron chi connectivity index (χ3n) is 2.47. The van der Waals surface area contributed by atoms with Gasteiger partial charge in [-0.1, -0.05) is 5.16 Å². The molecule has 5 nitrogen and oxygen atoms in total. The summed E-state index contributed by atoms with van der Waals surface area (Å²) in [4.78, 5) is 4.26. The first-order chi connectivity index (χ1) is 6.15. The molecule has 0 aromatic heterocycles. The first-order valence-electron chi connectivity index (χ1n) is 4.61. The van der Waals surface area contributed by atoms with Crippen molar-refractivity contribution in [3.05, 3.63) is 0 Å². The predicted molar refractivity (Wildman–Crippen MR) is 51.7 cm³/mol. The van der Waals surface area contributed by atoms with E-state index in [1.54, 1.807) is 0 Å². The van der Waals surface area contributed by atoms with Crippen LogP contribution in [0.2, 0.25) is 0 Å². The fourth-order valence-electron chi connectivity index (χ4n) is 1.53. The largest absolute Gasteiger partial charge is 0.408 e. The average molecular weight is 186 g/mol. The van der Waals surface area contributed by atoms with Gasteiger partial charge in [0.15, 0.2) is 0 Å². The fourth-order valence-corrected chi connectivity index (χ4v) is 1.53. The molecule has 0 amide bonds. The SMILES string of the molecule is CC(C)N1CCN(/C(N)=N/O)CC1. The van der Waals surface area contributed by atoms with Gasteiger partial charge >= 0.3 is 0 Å². The van der Waals surface area contributed by atoms with Crippen LogP contribution in [0.15, 0.2) is 5.16 Å². The third kappa shape index (κ3) is 2.48. The highest BCUT2D eigenvalue weighted by atomic mass is 16.4. The van der Waals surface area contributed by atoms with Gasteiger partial charge in [0, 0.05) is 32.2 Å². The zero-order valence-corrected chi connectivity index (χ0v) is 8.27. The summed E-state index contributed by atoms with van der Waals surface area (Å²) in [6.07, 6.45) is 0. The number of nitrogens with two attached hydrogens (primary N) is 1. The summed E-state index contributed by atoms with van der Waals surface area (Å²) >= 11 is 0. The van der Waals surface area contributed by atoms with Crippen LogP contribution in [0.25, 0.3) is 0 Å². The van der Waals surface area contributed by atoms with E-state index in [1.807, 2.05) is 4.90 Å². The van der Waals surface area contributed by atoms with Crippen molar-refractivity contribution in [2.24, 2.45) is 10.9 Å². The number of nitrogens with zero attached hydrogens (tertiary/aromatic N) is 3. The van der Waals surface area contributed by atoms with E-state index < -0.39 is 0 Å². The molecule has 0 saturated carbocycles. The van der Waals surface area contributed by atoms with Gasteiger partial charge in [0.05, 0.1) is 0 Å². The van der Waals surface area contributed by atoms with Crippen molar-refractivity contribution >= 4 is 5.96 Å². The van der Waals surface area contributed by atoms with Crippen molar-refractivity contribution in [1.29, 1.82) is 0 Å². The van der Waals surface area contributed by atoms with Gasteiger partial charge in [0.25, 0.3) is 0 Å². The molecular weight excluding hydrogens is 168 g/mol. The summed E-state index contributed by atoms with van der Waals surface area (Å²) in [7, 11) is 0. The van der Waals surface area contributed by atoms with Crippen molar-refractivity contribution in [2.45, 2.75) is 19.9 Å². The molecule has 0 unspecified atom stereocenters. The molecule has 1 fully saturated rings. The Hall–Kier alpha value is -0.970. The lowest BCUT2D eigenvalue weighted by Crippen LogP contribution is -2.52. The molecule has 5 heteroatoms. The average Bonchev–Trinajstić information content (AvgIpc) is 2.17. The highest BCUT2D eigenvalue weighted by molar-refractivity contribution is 5.77. The minimum atomic E-state index is 0.225. The Morgan fingerprint density at radius 2 is 1.85 bits per heavy atom. The van der Waals surface area contributed by atoms with Crippen LogP contribution in [-0.2, 0) is 0 Å². The van der Waals surface area contributed by atoms with E-state index in [2.05, 4.69) is 23.9 Å². The molecule has 3 N–H and O–H groups in total. The lowest BCUT2D eigenvalue weighted by atomic mass is 10.2. The van der Waals surface area contributed by atoms with E-state index in [0.29, 0.717) is 6.04 Å². The van der Waals surface area contributed by atoms with Crippen LogP contribution in [0.5, 0.6) is 0 Å². The maximum Gasteiger partial charge on any atom is 0.233 e. The Labute approximate surface area is 78.8 Å². The maximum atomic E-state index is 8.47. The molecule has 0 spiro atoms. The smallest absolute Gasteiger partial charge is 0.233 e. The molecule has 1 rings (SSSR count). The topological polar surface area (TPSA) is 65.1 Å². The lowest BCUT2D eigenvalue weighted by Gasteiger charge is -2.36. The van der Waals surface area contributed by atoms with E-state index in [1.165, 1.54) is 0 Å². The van der Waals surface area contributed by atoms with E-state index in [9.17, 15) is 0 Å². The first-order valence-corrected chi connectivity index (χ1v) is 4.61. The van der Waals surface area contributed by atoms with Crippen molar-refractivity contribution in [3.8, 4) is 0 Å². The van der Waals surface area contributed by atoms with Crippen molar-refractivity contribution in [3.63, 3.8) is 0 Å². The molecule has 76 valence electrons. The van der Waals surface area contributed by atoms with Crippen LogP contribution in [0, 0.1) is 0 Å². The number of rotatable bonds is 1. The summed E-state index contributed by atoms with van der Waals surface area (Å²) in [5.41, 5.74) is 5.48. The number of oxime groups is 1. The van der Waals surface area contributed by atoms with E-state index >= 15 is 0 Å². The summed E-state index contributed by atoms with van der Waals surface area (Å²) in [6.45, 7) is 8.00. The Kier molecular flexibility index (Phi) is 3.36. The highest BCUT2D eigenvalue weighted by Gasteiger charge is 2.19. The van der Waals surface area contributed by atoms with E-state index in [0.717, 1.165) is 26.2 Å².